The molecule has 0 spiro atoms. The second-order valence-corrected chi connectivity index (χ2v) is 7.64. The molecule has 2 aromatic rings. The Hall–Kier alpha value is -2.43. The summed E-state index contributed by atoms with van der Waals surface area (Å²) in [7, 11) is 0. The van der Waals surface area contributed by atoms with Gasteiger partial charge in [0, 0.05) is 17.8 Å². The van der Waals surface area contributed by atoms with Crippen molar-refractivity contribution >= 4 is 11.4 Å². The molecule has 4 nitrogen and oxygen atoms in total. The van der Waals surface area contributed by atoms with Gasteiger partial charge < -0.3 is 5.32 Å². The van der Waals surface area contributed by atoms with Gasteiger partial charge in [-0.25, -0.2) is 4.39 Å². The summed E-state index contributed by atoms with van der Waals surface area (Å²) < 4.78 is 13.3. The summed E-state index contributed by atoms with van der Waals surface area (Å²) in [5.41, 5.74) is 3.37. The van der Waals surface area contributed by atoms with Gasteiger partial charge in [0.05, 0.1) is 11.0 Å². The number of non-ortho nitro benzene ring substituents is 1. The van der Waals surface area contributed by atoms with Crippen molar-refractivity contribution in [3.8, 4) is 0 Å². The Morgan fingerprint density at radius 3 is 2.60 bits per heavy atom. The maximum Gasteiger partial charge on any atom is 0.269 e. The van der Waals surface area contributed by atoms with Crippen LogP contribution in [0, 0.1) is 33.7 Å². The lowest BCUT2D eigenvalue weighted by Crippen LogP contribution is -2.35. The minimum absolute atomic E-state index is 0.148. The largest absolute Gasteiger partial charge is 0.378 e. The van der Waals surface area contributed by atoms with Crippen LogP contribution in [-0.4, -0.2) is 4.92 Å². The first-order valence-corrected chi connectivity index (χ1v) is 8.92. The Bertz CT molecular complexity index is 851. The molecule has 1 heterocycles. The van der Waals surface area contributed by atoms with E-state index in [2.05, 4.69) is 5.32 Å². The van der Waals surface area contributed by atoms with Crippen LogP contribution in [0.25, 0.3) is 0 Å². The van der Waals surface area contributed by atoms with Gasteiger partial charge in [0.15, 0.2) is 0 Å². The second-order valence-electron chi connectivity index (χ2n) is 7.64. The fourth-order valence-corrected chi connectivity index (χ4v) is 5.59. The Kier molecular flexibility index (Phi) is 3.14. The summed E-state index contributed by atoms with van der Waals surface area (Å²) in [6.07, 6.45) is 3.65. The zero-order chi connectivity index (χ0) is 17.1. The lowest BCUT2D eigenvalue weighted by Gasteiger charge is -2.43. The molecule has 2 aromatic carbocycles. The number of hydrogen-bond donors (Lipinski definition) is 1. The molecule has 2 bridgehead atoms. The van der Waals surface area contributed by atoms with E-state index in [9.17, 15) is 14.5 Å². The Morgan fingerprint density at radius 1 is 1.08 bits per heavy atom. The van der Waals surface area contributed by atoms with Gasteiger partial charge in [-0.15, -0.1) is 0 Å². The van der Waals surface area contributed by atoms with Crippen LogP contribution in [-0.2, 0) is 0 Å². The number of hydrogen-bond acceptors (Lipinski definition) is 3. The van der Waals surface area contributed by atoms with Gasteiger partial charge in [-0.1, -0.05) is 12.1 Å². The third kappa shape index (κ3) is 2.18. The molecule has 2 aliphatic carbocycles. The summed E-state index contributed by atoms with van der Waals surface area (Å²) in [6, 6.07) is 12.1. The van der Waals surface area contributed by atoms with Gasteiger partial charge in [0.25, 0.3) is 5.69 Å². The van der Waals surface area contributed by atoms with E-state index in [1.165, 1.54) is 31.4 Å². The standard InChI is InChI=1S/C20H19FN2O2/c21-14-5-3-11(4-6-14)20-19-13-2-1-12(9-13)18(19)16-10-15(23(24)25)7-8-17(16)22-20/h3-8,10,12-13,18-20,22H,1-2,9H2/t12-,13-,18+,19-,20+/m0/s1. The zero-order valence-corrected chi connectivity index (χ0v) is 13.7. The molecule has 25 heavy (non-hydrogen) atoms. The van der Waals surface area contributed by atoms with Crippen LogP contribution in [0.5, 0.6) is 0 Å². The van der Waals surface area contributed by atoms with E-state index in [1.54, 1.807) is 12.1 Å². The van der Waals surface area contributed by atoms with Gasteiger partial charge in [-0.3, -0.25) is 10.1 Å². The summed E-state index contributed by atoms with van der Waals surface area (Å²) >= 11 is 0. The third-order valence-electron chi connectivity index (χ3n) is 6.51. The number of nitro benzene ring substituents is 1. The van der Waals surface area contributed by atoms with Crippen LogP contribution in [0.4, 0.5) is 15.8 Å². The SMILES string of the molecule is O=[N+]([O-])c1ccc2c(c1)[C@H]1[C@H]3CC[C@@H](C3)[C@@H]1[C@@H](c1ccc(F)cc1)N2. The molecule has 3 aliphatic rings. The maximum atomic E-state index is 13.3. The third-order valence-corrected chi connectivity index (χ3v) is 6.51. The van der Waals surface area contributed by atoms with Crippen LogP contribution >= 0.6 is 0 Å². The summed E-state index contributed by atoms with van der Waals surface area (Å²) in [5, 5.41) is 14.8. The van der Waals surface area contributed by atoms with Gasteiger partial charge in [0.1, 0.15) is 5.82 Å². The molecule has 1 aliphatic heterocycles. The first-order chi connectivity index (χ1) is 12.1. The van der Waals surface area contributed by atoms with Gasteiger partial charge in [-0.2, -0.15) is 0 Å². The van der Waals surface area contributed by atoms with Crippen LogP contribution < -0.4 is 5.32 Å². The Balaban J connectivity index is 1.62. The fourth-order valence-electron chi connectivity index (χ4n) is 5.59. The number of nitro groups is 1. The van der Waals surface area contributed by atoms with E-state index in [0.29, 0.717) is 23.7 Å². The summed E-state index contributed by atoms with van der Waals surface area (Å²) in [6.45, 7) is 0. The highest BCUT2D eigenvalue weighted by Gasteiger charge is 2.54. The van der Waals surface area contributed by atoms with Crippen molar-refractivity contribution in [3.05, 3.63) is 69.5 Å². The molecule has 0 radical (unpaired) electrons. The molecular formula is C20H19FN2O2. The Morgan fingerprint density at radius 2 is 1.84 bits per heavy atom. The van der Waals surface area contributed by atoms with Crippen molar-refractivity contribution < 1.29 is 9.31 Å². The van der Waals surface area contributed by atoms with E-state index < -0.39 is 0 Å². The van der Waals surface area contributed by atoms with Crippen molar-refractivity contribution in [1.82, 2.24) is 0 Å². The van der Waals surface area contributed by atoms with E-state index >= 15 is 0 Å². The first-order valence-electron chi connectivity index (χ1n) is 8.92. The molecule has 5 heteroatoms. The highest BCUT2D eigenvalue weighted by molar-refractivity contribution is 5.62. The van der Waals surface area contributed by atoms with Crippen molar-refractivity contribution in [1.29, 1.82) is 0 Å². The molecule has 0 amide bonds. The number of anilines is 1. The molecule has 2 fully saturated rings. The fraction of sp³-hybridized carbons (Fsp3) is 0.400. The number of nitrogens with zero attached hydrogens (tertiary/aromatic N) is 1. The molecule has 5 rings (SSSR count). The summed E-state index contributed by atoms with van der Waals surface area (Å²) in [5.74, 6) is 1.83. The van der Waals surface area contributed by atoms with Gasteiger partial charge >= 0.3 is 0 Å². The van der Waals surface area contributed by atoms with Crippen LogP contribution in [0.1, 0.15) is 42.3 Å². The lowest BCUT2D eigenvalue weighted by molar-refractivity contribution is -0.384. The summed E-state index contributed by atoms with van der Waals surface area (Å²) in [4.78, 5) is 10.9. The monoisotopic (exact) mass is 338 g/mol. The van der Waals surface area contributed by atoms with Crippen LogP contribution in [0.2, 0.25) is 0 Å². The predicted molar refractivity (Wildman–Crippen MR) is 92.9 cm³/mol. The molecule has 128 valence electrons. The quantitative estimate of drug-likeness (QED) is 0.617. The molecular weight excluding hydrogens is 319 g/mol. The van der Waals surface area contributed by atoms with Crippen LogP contribution in [0.3, 0.4) is 0 Å². The lowest BCUT2D eigenvalue weighted by atomic mass is 9.68. The smallest absolute Gasteiger partial charge is 0.269 e. The average Bonchev–Trinajstić information content (AvgIpc) is 3.23. The Labute approximate surface area is 145 Å². The van der Waals surface area contributed by atoms with Crippen molar-refractivity contribution in [2.75, 3.05) is 5.32 Å². The van der Waals surface area contributed by atoms with Crippen molar-refractivity contribution in [3.63, 3.8) is 0 Å². The van der Waals surface area contributed by atoms with Gasteiger partial charge in [-0.05, 0) is 72.3 Å². The normalized spacial score (nSPS) is 32.0. The van der Waals surface area contributed by atoms with E-state index in [4.69, 9.17) is 0 Å². The predicted octanol–water partition coefficient (Wildman–Crippen LogP) is 5.03. The number of rotatable bonds is 2. The van der Waals surface area contributed by atoms with Crippen molar-refractivity contribution in [2.24, 2.45) is 17.8 Å². The minimum atomic E-state index is -0.311. The van der Waals surface area contributed by atoms with E-state index in [0.717, 1.165) is 16.8 Å². The number of nitrogens with one attached hydrogen (secondary N) is 1. The molecule has 1 N–H and O–H groups in total. The second kappa shape index (κ2) is 5.28. The molecule has 0 aromatic heterocycles. The van der Waals surface area contributed by atoms with Crippen molar-refractivity contribution in [2.45, 2.75) is 31.2 Å². The maximum absolute atomic E-state index is 13.3. The van der Waals surface area contributed by atoms with E-state index in [1.807, 2.05) is 18.2 Å². The molecule has 2 saturated carbocycles. The molecule has 5 atom stereocenters. The van der Waals surface area contributed by atoms with E-state index in [-0.39, 0.29) is 22.5 Å². The number of halogens is 1. The zero-order valence-electron chi connectivity index (χ0n) is 13.7. The first kappa shape index (κ1) is 14.9. The number of fused-ring (bicyclic) bond motifs is 7. The van der Waals surface area contributed by atoms with Gasteiger partial charge in [0.2, 0.25) is 0 Å². The topological polar surface area (TPSA) is 55.2 Å². The highest BCUT2D eigenvalue weighted by atomic mass is 19.1. The average molecular weight is 338 g/mol. The highest BCUT2D eigenvalue weighted by Crippen LogP contribution is 2.63. The minimum Gasteiger partial charge on any atom is -0.378 e. The van der Waals surface area contributed by atoms with Crippen LogP contribution in [0.15, 0.2) is 42.5 Å². The number of benzene rings is 2. The molecule has 0 saturated heterocycles. The molecule has 0 unspecified atom stereocenters.